The van der Waals surface area contributed by atoms with Crippen LogP contribution in [0.5, 0.6) is 11.5 Å². The van der Waals surface area contributed by atoms with E-state index in [1.54, 1.807) is 13.8 Å². The van der Waals surface area contributed by atoms with Crippen molar-refractivity contribution >= 4 is 9.05 Å². The number of hydrogen-bond acceptors (Lipinski definition) is 6. The third-order valence-electron chi connectivity index (χ3n) is 3.21. The summed E-state index contributed by atoms with van der Waals surface area (Å²) in [6.07, 6.45) is -1.25. The Morgan fingerprint density at radius 2 is 1.00 bits per heavy atom. The Balaban J connectivity index is 1.96. The molecule has 25 heavy (non-hydrogen) atoms. The molecule has 0 amide bonds. The van der Waals surface area contributed by atoms with Gasteiger partial charge in [-0.1, -0.05) is 36.4 Å². The SMILES string of the molecule is CO[Si](OC)(OC(C)Oc1ccccc1)OC(C)Oc1ccccc1. The maximum Gasteiger partial charge on any atom is 0.684 e. The summed E-state index contributed by atoms with van der Waals surface area (Å²) in [6.45, 7) is 3.50. The lowest BCUT2D eigenvalue weighted by molar-refractivity contribution is -0.130. The minimum Gasteiger partial charge on any atom is -0.466 e. The van der Waals surface area contributed by atoms with Gasteiger partial charge in [0, 0.05) is 14.2 Å². The molecule has 136 valence electrons. The van der Waals surface area contributed by atoms with Crippen LogP contribution in [-0.2, 0) is 17.7 Å². The predicted molar refractivity (Wildman–Crippen MR) is 95.0 cm³/mol. The van der Waals surface area contributed by atoms with E-state index in [0.717, 1.165) is 0 Å². The largest absolute Gasteiger partial charge is 0.684 e. The second-order valence-electron chi connectivity index (χ2n) is 5.14. The highest BCUT2D eigenvalue weighted by molar-refractivity contribution is 6.53. The Kier molecular flexibility index (Phi) is 7.42. The quantitative estimate of drug-likeness (QED) is 0.474. The van der Waals surface area contributed by atoms with Gasteiger partial charge in [-0.25, -0.2) is 0 Å². The van der Waals surface area contributed by atoms with E-state index in [0.29, 0.717) is 11.5 Å². The standard InChI is InChI=1S/C18H24O6Si/c1-15(21-17-11-7-5-8-12-17)23-25(19-3,20-4)24-16(2)22-18-13-9-6-10-14-18/h5-16H,1-4H3. The molecule has 0 spiro atoms. The van der Waals surface area contributed by atoms with Crippen molar-refractivity contribution in [3.05, 3.63) is 60.7 Å². The molecule has 0 aliphatic heterocycles. The normalized spacial score (nSPS) is 13.9. The number of benzene rings is 2. The second-order valence-corrected chi connectivity index (χ2v) is 7.43. The van der Waals surface area contributed by atoms with E-state index < -0.39 is 21.6 Å². The van der Waals surface area contributed by atoms with Crippen LogP contribution in [0.1, 0.15) is 13.8 Å². The van der Waals surface area contributed by atoms with Crippen molar-refractivity contribution in [3.63, 3.8) is 0 Å². The van der Waals surface area contributed by atoms with E-state index in [-0.39, 0.29) is 0 Å². The molecule has 2 aromatic carbocycles. The Morgan fingerprint density at radius 3 is 1.32 bits per heavy atom. The molecule has 0 aliphatic rings. The zero-order valence-corrected chi connectivity index (χ0v) is 15.9. The molecule has 0 fully saturated rings. The van der Waals surface area contributed by atoms with Crippen LogP contribution < -0.4 is 9.47 Å². The zero-order valence-electron chi connectivity index (χ0n) is 14.9. The van der Waals surface area contributed by atoms with Crippen molar-refractivity contribution in [2.45, 2.75) is 26.4 Å². The summed E-state index contributed by atoms with van der Waals surface area (Å²) in [5.74, 6) is 1.36. The molecular formula is C18H24O6Si. The van der Waals surface area contributed by atoms with Crippen LogP contribution >= 0.6 is 0 Å². The lowest BCUT2D eigenvalue weighted by Crippen LogP contribution is -2.53. The molecule has 2 atom stereocenters. The van der Waals surface area contributed by atoms with Gasteiger partial charge in [0.25, 0.3) is 0 Å². The van der Waals surface area contributed by atoms with Crippen LogP contribution in [-0.4, -0.2) is 35.8 Å². The Bertz CT molecular complexity index is 554. The van der Waals surface area contributed by atoms with E-state index in [1.807, 2.05) is 60.7 Å². The monoisotopic (exact) mass is 364 g/mol. The third kappa shape index (κ3) is 6.15. The molecule has 2 rings (SSSR count). The molecule has 0 aromatic heterocycles. The van der Waals surface area contributed by atoms with Crippen LogP contribution in [0.3, 0.4) is 0 Å². The number of rotatable bonds is 10. The molecule has 2 aromatic rings. The summed E-state index contributed by atoms with van der Waals surface area (Å²) in [5.41, 5.74) is 0. The fourth-order valence-electron chi connectivity index (χ4n) is 2.14. The van der Waals surface area contributed by atoms with E-state index in [9.17, 15) is 0 Å². The van der Waals surface area contributed by atoms with Crippen LogP contribution in [0.4, 0.5) is 0 Å². The Hall–Kier alpha value is -1.90. The van der Waals surface area contributed by atoms with Crippen LogP contribution in [0.25, 0.3) is 0 Å². The molecule has 0 N–H and O–H groups in total. The average molecular weight is 364 g/mol. The fraction of sp³-hybridized carbons (Fsp3) is 0.333. The first-order chi connectivity index (χ1) is 12.1. The van der Waals surface area contributed by atoms with Gasteiger partial charge in [0.2, 0.25) is 0 Å². The molecular weight excluding hydrogens is 340 g/mol. The summed E-state index contributed by atoms with van der Waals surface area (Å²) in [7, 11) is -0.482. The highest BCUT2D eigenvalue weighted by Crippen LogP contribution is 2.20. The first-order valence-corrected chi connectivity index (χ1v) is 9.59. The zero-order chi connectivity index (χ0) is 18.1. The summed E-state index contributed by atoms with van der Waals surface area (Å²) < 4.78 is 33.9. The molecule has 0 radical (unpaired) electrons. The average Bonchev–Trinajstić information content (AvgIpc) is 2.62. The van der Waals surface area contributed by atoms with E-state index in [2.05, 4.69) is 0 Å². The Morgan fingerprint density at radius 1 is 0.640 bits per heavy atom. The van der Waals surface area contributed by atoms with Crippen molar-refractivity contribution in [1.82, 2.24) is 0 Å². The van der Waals surface area contributed by atoms with Crippen LogP contribution in [0.15, 0.2) is 60.7 Å². The summed E-state index contributed by atoms with van der Waals surface area (Å²) in [5, 5.41) is 0. The number of para-hydroxylation sites is 2. The highest BCUT2D eigenvalue weighted by atomic mass is 28.4. The number of ether oxygens (including phenoxy) is 2. The molecule has 2 unspecified atom stereocenters. The summed E-state index contributed by atoms with van der Waals surface area (Å²) in [4.78, 5) is 0. The third-order valence-corrected chi connectivity index (χ3v) is 5.45. The van der Waals surface area contributed by atoms with Crippen molar-refractivity contribution < 1.29 is 27.2 Å². The van der Waals surface area contributed by atoms with Gasteiger partial charge in [-0.3, -0.25) is 0 Å². The van der Waals surface area contributed by atoms with Crippen molar-refractivity contribution in [2.75, 3.05) is 14.2 Å². The van der Waals surface area contributed by atoms with Crippen LogP contribution in [0, 0.1) is 0 Å². The van der Waals surface area contributed by atoms with Gasteiger partial charge in [-0.15, -0.1) is 0 Å². The summed E-state index contributed by atoms with van der Waals surface area (Å²) >= 11 is 0. The minimum absolute atomic E-state index is 0.627. The highest BCUT2D eigenvalue weighted by Gasteiger charge is 2.48. The molecule has 0 saturated carbocycles. The molecule has 6 nitrogen and oxygen atoms in total. The number of hydrogen-bond donors (Lipinski definition) is 0. The van der Waals surface area contributed by atoms with Crippen molar-refractivity contribution in [2.24, 2.45) is 0 Å². The minimum atomic E-state index is -3.43. The maximum atomic E-state index is 5.82. The van der Waals surface area contributed by atoms with Gasteiger partial charge in [0.15, 0.2) is 12.6 Å². The van der Waals surface area contributed by atoms with Gasteiger partial charge >= 0.3 is 9.05 Å². The summed E-state index contributed by atoms with van der Waals surface area (Å²) in [6, 6.07) is 18.7. The van der Waals surface area contributed by atoms with Gasteiger partial charge < -0.3 is 27.2 Å². The molecule has 0 bridgehead atoms. The molecule has 7 heteroatoms. The van der Waals surface area contributed by atoms with Crippen molar-refractivity contribution in [3.8, 4) is 11.5 Å². The maximum absolute atomic E-state index is 5.82. The van der Waals surface area contributed by atoms with E-state index >= 15 is 0 Å². The first kappa shape index (κ1) is 19.4. The predicted octanol–water partition coefficient (Wildman–Crippen LogP) is 3.60. The Labute approximate surface area is 149 Å². The fourth-order valence-corrected chi connectivity index (χ4v) is 3.66. The van der Waals surface area contributed by atoms with Crippen molar-refractivity contribution in [1.29, 1.82) is 0 Å². The first-order valence-electron chi connectivity index (χ1n) is 7.96. The second kappa shape index (κ2) is 9.55. The van der Waals surface area contributed by atoms with Gasteiger partial charge in [-0.05, 0) is 38.1 Å². The molecule has 0 heterocycles. The smallest absolute Gasteiger partial charge is 0.466 e. The van der Waals surface area contributed by atoms with E-state index in [1.165, 1.54) is 14.2 Å². The molecule has 0 saturated heterocycles. The van der Waals surface area contributed by atoms with Gasteiger partial charge in [0.1, 0.15) is 11.5 Å². The lowest BCUT2D eigenvalue weighted by Gasteiger charge is -2.30. The topological polar surface area (TPSA) is 55.4 Å². The van der Waals surface area contributed by atoms with E-state index in [4.69, 9.17) is 27.2 Å². The molecule has 0 aliphatic carbocycles. The van der Waals surface area contributed by atoms with Gasteiger partial charge in [-0.2, -0.15) is 0 Å². The lowest BCUT2D eigenvalue weighted by atomic mass is 10.3. The van der Waals surface area contributed by atoms with Gasteiger partial charge in [0.05, 0.1) is 0 Å². The van der Waals surface area contributed by atoms with Crippen LogP contribution in [0.2, 0.25) is 0 Å².